The van der Waals surface area contributed by atoms with Crippen molar-refractivity contribution in [3.8, 4) is 17.2 Å². The van der Waals surface area contributed by atoms with Gasteiger partial charge in [0.1, 0.15) is 17.6 Å². The summed E-state index contributed by atoms with van der Waals surface area (Å²) in [5, 5.41) is 16.1. The van der Waals surface area contributed by atoms with Crippen molar-refractivity contribution in [3.63, 3.8) is 0 Å². The molecular formula is C36H46N4O5. The molecule has 0 bridgehead atoms. The molecule has 3 atom stereocenters. The summed E-state index contributed by atoms with van der Waals surface area (Å²) in [4.78, 5) is 30.8. The van der Waals surface area contributed by atoms with Crippen molar-refractivity contribution in [2.75, 3.05) is 32.1 Å². The van der Waals surface area contributed by atoms with Gasteiger partial charge in [-0.2, -0.15) is 0 Å². The van der Waals surface area contributed by atoms with E-state index in [1.165, 1.54) is 6.42 Å². The first kappa shape index (κ1) is 32.3. The lowest BCUT2D eigenvalue weighted by Gasteiger charge is -2.38. The molecule has 1 heterocycles. The van der Waals surface area contributed by atoms with Crippen LogP contribution in [0.3, 0.4) is 0 Å². The Morgan fingerprint density at radius 2 is 1.73 bits per heavy atom. The van der Waals surface area contributed by atoms with Gasteiger partial charge in [-0.15, -0.1) is 0 Å². The summed E-state index contributed by atoms with van der Waals surface area (Å²) in [6.45, 7) is 5.47. The number of rotatable bonds is 10. The normalized spacial score (nSPS) is 19.6. The molecule has 240 valence electrons. The van der Waals surface area contributed by atoms with E-state index in [-0.39, 0.29) is 42.7 Å². The fourth-order valence-electron chi connectivity index (χ4n) is 6.12. The molecule has 3 N–H and O–H groups in total. The predicted molar refractivity (Wildman–Crippen MR) is 176 cm³/mol. The number of urea groups is 1. The number of ether oxygens (including phenoxy) is 2. The first-order valence-corrected chi connectivity index (χ1v) is 16.1. The average Bonchev–Trinajstić information content (AvgIpc) is 3.04. The van der Waals surface area contributed by atoms with Gasteiger partial charge in [-0.1, -0.05) is 62.6 Å². The Kier molecular flexibility index (Phi) is 11.0. The van der Waals surface area contributed by atoms with E-state index >= 15 is 0 Å². The van der Waals surface area contributed by atoms with Gasteiger partial charge in [-0.25, -0.2) is 4.79 Å². The number of nitrogens with one attached hydrogen (secondary N) is 2. The van der Waals surface area contributed by atoms with Crippen LogP contribution in [0, 0.1) is 5.92 Å². The van der Waals surface area contributed by atoms with Gasteiger partial charge in [0.25, 0.3) is 5.91 Å². The summed E-state index contributed by atoms with van der Waals surface area (Å²) in [5.41, 5.74) is 1.96. The largest absolute Gasteiger partial charge is 0.486 e. The number of para-hydroxylation sites is 2. The third-order valence-electron chi connectivity index (χ3n) is 8.73. The van der Waals surface area contributed by atoms with Crippen molar-refractivity contribution in [2.45, 2.75) is 70.7 Å². The fraction of sp³-hybridized carbons (Fsp3) is 0.444. The van der Waals surface area contributed by atoms with E-state index in [4.69, 9.17) is 9.47 Å². The van der Waals surface area contributed by atoms with Crippen molar-refractivity contribution in [2.24, 2.45) is 5.92 Å². The topological polar surface area (TPSA) is 103 Å². The van der Waals surface area contributed by atoms with Crippen molar-refractivity contribution >= 4 is 17.6 Å². The maximum absolute atomic E-state index is 13.8. The number of carbonyl (C=O) groups is 2. The standard InChI is InChI=1S/C36H46N4O5/c1-25-21-40(26(2)24-41)35(42)31-15-10-16-32(38-36(43)37-28-11-6-4-7-12-28)34(31)45-33(25)23-39(3)22-27-17-19-30(20-18-27)44-29-13-8-5-9-14-29/h5,8-10,13-20,25-26,28,33,41H,4,6-7,11-12,21-24H2,1-3H3,(H2,37,38,43)/t25-,26-,33-/m1/s1. The summed E-state index contributed by atoms with van der Waals surface area (Å²) >= 11 is 0. The van der Waals surface area contributed by atoms with Crippen LogP contribution in [0.5, 0.6) is 17.2 Å². The quantitative estimate of drug-likeness (QED) is 0.248. The van der Waals surface area contributed by atoms with Gasteiger partial charge in [-0.05, 0) is 68.8 Å². The zero-order valence-corrected chi connectivity index (χ0v) is 26.6. The van der Waals surface area contributed by atoms with Crippen LogP contribution in [0.25, 0.3) is 0 Å². The monoisotopic (exact) mass is 614 g/mol. The molecule has 1 aliphatic carbocycles. The number of carbonyl (C=O) groups excluding carboxylic acids is 2. The summed E-state index contributed by atoms with van der Waals surface area (Å²) in [5.74, 6) is 1.66. The second-order valence-electron chi connectivity index (χ2n) is 12.5. The molecule has 2 aliphatic rings. The number of benzene rings is 3. The third kappa shape index (κ3) is 8.55. The number of hydrogen-bond donors (Lipinski definition) is 3. The molecule has 0 radical (unpaired) electrons. The van der Waals surface area contributed by atoms with Crippen LogP contribution in [0.1, 0.15) is 61.9 Å². The van der Waals surface area contributed by atoms with Crippen LogP contribution in [0.15, 0.2) is 72.8 Å². The summed E-state index contributed by atoms with van der Waals surface area (Å²) in [7, 11) is 2.05. The highest BCUT2D eigenvalue weighted by molar-refractivity contribution is 6.01. The Balaban J connectivity index is 1.32. The first-order valence-electron chi connectivity index (χ1n) is 16.1. The first-order chi connectivity index (χ1) is 21.8. The van der Waals surface area contributed by atoms with Crippen molar-refractivity contribution in [1.82, 2.24) is 15.1 Å². The lowest BCUT2D eigenvalue weighted by atomic mass is 9.96. The molecule has 0 unspecified atom stereocenters. The Morgan fingerprint density at radius 3 is 2.44 bits per heavy atom. The fourth-order valence-corrected chi connectivity index (χ4v) is 6.12. The van der Waals surface area contributed by atoms with E-state index in [9.17, 15) is 14.7 Å². The Morgan fingerprint density at radius 1 is 1.02 bits per heavy atom. The molecule has 3 aromatic rings. The van der Waals surface area contributed by atoms with E-state index in [2.05, 4.69) is 34.6 Å². The number of aliphatic hydroxyl groups is 1. The van der Waals surface area contributed by atoms with Gasteiger partial charge >= 0.3 is 6.03 Å². The Bertz CT molecular complexity index is 1410. The van der Waals surface area contributed by atoms with Gasteiger partial charge < -0.3 is 30.1 Å². The number of likely N-dealkylation sites (N-methyl/N-ethyl adjacent to an activating group) is 1. The molecule has 3 aromatic carbocycles. The number of aliphatic hydroxyl groups excluding tert-OH is 1. The van der Waals surface area contributed by atoms with Crippen molar-refractivity contribution < 1.29 is 24.2 Å². The van der Waals surface area contributed by atoms with Crippen LogP contribution in [0.2, 0.25) is 0 Å². The third-order valence-corrected chi connectivity index (χ3v) is 8.73. The minimum atomic E-state index is -0.368. The molecule has 45 heavy (non-hydrogen) atoms. The highest BCUT2D eigenvalue weighted by Gasteiger charge is 2.34. The van der Waals surface area contributed by atoms with Gasteiger partial charge in [0.05, 0.1) is 23.9 Å². The second kappa shape index (κ2) is 15.3. The van der Waals surface area contributed by atoms with E-state index in [1.54, 1.807) is 23.1 Å². The van der Waals surface area contributed by atoms with Crippen LogP contribution < -0.4 is 20.1 Å². The molecule has 1 saturated carbocycles. The number of hydrogen-bond acceptors (Lipinski definition) is 6. The summed E-state index contributed by atoms with van der Waals surface area (Å²) in [6, 6.07) is 22.5. The van der Waals surface area contributed by atoms with Gasteiger partial charge in [0, 0.05) is 31.6 Å². The van der Waals surface area contributed by atoms with Gasteiger partial charge in [-0.3, -0.25) is 9.69 Å². The van der Waals surface area contributed by atoms with E-state index < -0.39 is 0 Å². The number of fused-ring (bicyclic) bond motifs is 1. The molecule has 9 nitrogen and oxygen atoms in total. The van der Waals surface area contributed by atoms with Crippen LogP contribution >= 0.6 is 0 Å². The molecule has 0 saturated heterocycles. The maximum Gasteiger partial charge on any atom is 0.319 e. The zero-order valence-electron chi connectivity index (χ0n) is 26.6. The predicted octanol–water partition coefficient (Wildman–Crippen LogP) is 6.29. The second-order valence-corrected chi connectivity index (χ2v) is 12.5. The SMILES string of the molecule is C[C@@H]1CN([C@H](C)CO)C(=O)c2cccc(NC(=O)NC3CCCCC3)c2O[C@@H]1CN(C)Cc1ccc(Oc2ccccc2)cc1. The maximum atomic E-state index is 13.8. The highest BCUT2D eigenvalue weighted by atomic mass is 16.5. The number of anilines is 1. The number of nitrogens with zero attached hydrogens (tertiary/aromatic N) is 2. The molecule has 1 aliphatic heterocycles. The van der Waals surface area contributed by atoms with E-state index in [0.717, 1.165) is 42.7 Å². The average molecular weight is 615 g/mol. The van der Waals surface area contributed by atoms with Crippen molar-refractivity contribution in [1.29, 1.82) is 0 Å². The van der Waals surface area contributed by atoms with Crippen molar-refractivity contribution in [3.05, 3.63) is 83.9 Å². The van der Waals surface area contributed by atoms with Crippen LogP contribution in [0.4, 0.5) is 10.5 Å². The molecule has 1 fully saturated rings. The molecule has 5 rings (SSSR count). The van der Waals surface area contributed by atoms with E-state index in [1.807, 2.05) is 56.4 Å². The number of amides is 3. The molecule has 0 aromatic heterocycles. The summed E-state index contributed by atoms with van der Waals surface area (Å²) < 4.78 is 12.6. The smallest absolute Gasteiger partial charge is 0.319 e. The molecular weight excluding hydrogens is 568 g/mol. The minimum absolute atomic E-state index is 0.0516. The van der Waals surface area contributed by atoms with Gasteiger partial charge in [0.2, 0.25) is 0 Å². The lowest BCUT2D eigenvalue weighted by Crippen LogP contribution is -2.50. The molecule has 0 spiro atoms. The Hall–Kier alpha value is -4.08. The highest BCUT2D eigenvalue weighted by Crippen LogP contribution is 2.35. The van der Waals surface area contributed by atoms with Crippen LogP contribution in [-0.4, -0.2) is 71.8 Å². The Labute approximate surface area is 266 Å². The zero-order chi connectivity index (χ0) is 31.8. The van der Waals surface area contributed by atoms with Crippen LogP contribution in [-0.2, 0) is 6.54 Å². The summed E-state index contributed by atoms with van der Waals surface area (Å²) in [6.07, 6.45) is 5.07. The van der Waals surface area contributed by atoms with E-state index in [0.29, 0.717) is 36.6 Å². The molecule has 3 amide bonds. The lowest BCUT2D eigenvalue weighted by molar-refractivity contribution is 0.0343. The van der Waals surface area contributed by atoms with Gasteiger partial charge in [0.15, 0.2) is 5.75 Å². The molecule has 9 heteroatoms. The minimum Gasteiger partial charge on any atom is -0.486 e.